The van der Waals surface area contributed by atoms with Crippen LogP contribution in [0, 0.1) is 0 Å². The van der Waals surface area contributed by atoms with E-state index in [9.17, 15) is 22.8 Å². The van der Waals surface area contributed by atoms with E-state index < -0.39 is 17.6 Å². The fraction of sp³-hybridized carbons (Fsp3) is 0.350. The Kier molecular flexibility index (Phi) is 8.16. The zero-order valence-electron chi connectivity index (χ0n) is 16.6. The van der Waals surface area contributed by atoms with Crippen LogP contribution >= 0.6 is 0 Å². The van der Waals surface area contributed by atoms with Gasteiger partial charge >= 0.3 is 6.18 Å². The first-order valence-corrected chi connectivity index (χ1v) is 9.12. The predicted octanol–water partition coefficient (Wildman–Crippen LogP) is 3.07. The molecule has 7 nitrogen and oxygen atoms in total. The van der Waals surface area contributed by atoms with Crippen LogP contribution in [0.15, 0.2) is 42.6 Å². The van der Waals surface area contributed by atoms with Crippen molar-refractivity contribution >= 4 is 23.3 Å². The van der Waals surface area contributed by atoms with Gasteiger partial charge in [-0.1, -0.05) is 6.07 Å². The van der Waals surface area contributed by atoms with Gasteiger partial charge in [0, 0.05) is 39.2 Å². The lowest BCUT2D eigenvalue weighted by Gasteiger charge is -2.19. The molecule has 2 aromatic rings. The van der Waals surface area contributed by atoms with Crippen LogP contribution in [-0.2, 0) is 15.7 Å². The molecule has 0 unspecified atom stereocenters. The molecule has 0 bridgehead atoms. The van der Waals surface area contributed by atoms with Crippen LogP contribution in [0.3, 0.4) is 0 Å². The molecule has 2 N–H and O–H groups in total. The number of methoxy groups -OCH3 is 1. The van der Waals surface area contributed by atoms with Gasteiger partial charge in [-0.3, -0.25) is 9.59 Å². The first-order chi connectivity index (χ1) is 14.2. The highest BCUT2D eigenvalue weighted by molar-refractivity contribution is 6.00. The average Bonchev–Trinajstić information content (AvgIpc) is 2.70. The van der Waals surface area contributed by atoms with Crippen molar-refractivity contribution in [1.82, 2.24) is 15.2 Å². The minimum absolute atomic E-state index is 0.0918. The van der Waals surface area contributed by atoms with Crippen molar-refractivity contribution in [3.63, 3.8) is 0 Å². The second kappa shape index (κ2) is 10.6. The van der Waals surface area contributed by atoms with Crippen LogP contribution in [0.1, 0.15) is 22.3 Å². The SMILES string of the molecule is COCCCNC(=O)CN(C)C(=O)c1cccnc1Nc1cccc(C(F)(F)F)c1. The number of pyridine rings is 1. The van der Waals surface area contributed by atoms with Gasteiger partial charge in [-0.2, -0.15) is 13.2 Å². The summed E-state index contributed by atoms with van der Waals surface area (Å²) in [6.45, 7) is 0.753. The fourth-order valence-corrected chi connectivity index (χ4v) is 2.58. The Labute approximate surface area is 172 Å². The Bertz CT molecular complexity index is 874. The number of ether oxygens (including phenoxy) is 1. The lowest BCUT2D eigenvalue weighted by Crippen LogP contribution is -2.39. The number of hydrogen-bond donors (Lipinski definition) is 2. The number of aromatic nitrogens is 1. The van der Waals surface area contributed by atoms with Gasteiger partial charge in [0.25, 0.3) is 5.91 Å². The minimum Gasteiger partial charge on any atom is -0.385 e. The third-order valence-corrected chi connectivity index (χ3v) is 4.07. The summed E-state index contributed by atoms with van der Waals surface area (Å²) in [6, 6.07) is 7.60. The minimum atomic E-state index is -4.49. The third-order valence-electron chi connectivity index (χ3n) is 4.07. The Morgan fingerprint density at radius 2 is 1.97 bits per heavy atom. The molecule has 162 valence electrons. The highest BCUT2D eigenvalue weighted by Crippen LogP contribution is 2.31. The van der Waals surface area contributed by atoms with Gasteiger partial charge in [0.2, 0.25) is 5.91 Å². The molecular weight excluding hydrogens is 401 g/mol. The summed E-state index contributed by atoms with van der Waals surface area (Å²) >= 11 is 0. The topological polar surface area (TPSA) is 83.6 Å². The number of amides is 2. The van der Waals surface area contributed by atoms with Crippen molar-refractivity contribution in [2.24, 2.45) is 0 Å². The average molecular weight is 424 g/mol. The Morgan fingerprint density at radius 1 is 1.20 bits per heavy atom. The summed E-state index contributed by atoms with van der Waals surface area (Å²) in [6.07, 6.45) is -2.43. The van der Waals surface area contributed by atoms with E-state index in [-0.39, 0.29) is 29.5 Å². The maximum Gasteiger partial charge on any atom is 0.416 e. The van der Waals surface area contributed by atoms with Gasteiger partial charge in [-0.05, 0) is 36.8 Å². The zero-order chi connectivity index (χ0) is 22.1. The van der Waals surface area contributed by atoms with Gasteiger partial charge in [0.1, 0.15) is 5.82 Å². The molecule has 2 amide bonds. The molecule has 0 aliphatic heterocycles. The molecule has 10 heteroatoms. The summed E-state index contributed by atoms with van der Waals surface area (Å²) in [5.41, 5.74) is -0.556. The first-order valence-electron chi connectivity index (χ1n) is 9.12. The number of carbonyl (C=O) groups excluding carboxylic acids is 2. The number of halogens is 3. The van der Waals surface area contributed by atoms with Crippen molar-refractivity contribution in [1.29, 1.82) is 0 Å². The first kappa shape index (κ1) is 23.1. The van der Waals surface area contributed by atoms with Crippen LogP contribution < -0.4 is 10.6 Å². The highest BCUT2D eigenvalue weighted by Gasteiger charge is 2.30. The quantitative estimate of drug-likeness (QED) is 0.605. The second-order valence-electron chi connectivity index (χ2n) is 6.46. The van der Waals surface area contributed by atoms with E-state index in [0.29, 0.717) is 19.6 Å². The molecule has 0 aliphatic carbocycles. The largest absolute Gasteiger partial charge is 0.416 e. The van der Waals surface area contributed by atoms with Crippen molar-refractivity contribution in [2.75, 3.05) is 39.2 Å². The van der Waals surface area contributed by atoms with Crippen LogP contribution in [0.2, 0.25) is 0 Å². The molecule has 2 rings (SSSR count). The van der Waals surface area contributed by atoms with Crippen LogP contribution in [0.5, 0.6) is 0 Å². The fourth-order valence-electron chi connectivity index (χ4n) is 2.58. The Morgan fingerprint density at radius 3 is 2.67 bits per heavy atom. The number of nitrogens with zero attached hydrogens (tertiary/aromatic N) is 2. The van der Waals surface area contributed by atoms with Gasteiger partial charge in [0.05, 0.1) is 17.7 Å². The van der Waals surface area contributed by atoms with E-state index in [0.717, 1.165) is 12.1 Å². The van der Waals surface area contributed by atoms with Gasteiger partial charge in [-0.15, -0.1) is 0 Å². The molecule has 1 aromatic heterocycles. The van der Waals surface area contributed by atoms with Crippen LogP contribution in [0.4, 0.5) is 24.7 Å². The van der Waals surface area contributed by atoms with Gasteiger partial charge < -0.3 is 20.3 Å². The normalized spacial score (nSPS) is 11.1. The van der Waals surface area contributed by atoms with Crippen molar-refractivity contribution < 1.29 is 27.5 Å². The van der Waals surface area contributed by atoms with Crippen molar-refractivity contribution in [3.05, 3.63) is 53.7 Å². The number of hydrogen-bond acceptors (Lipinski definition) is 5. The van der Waals surface area contributed by atoms with Crippen molar-refractivity contribution in [2.45, 2.75) is 12.6 Å². The van der Waals surface area contributed by atoms with E-state index in [1.54, 1.807) is 7.11 Å². The van der Waals surface area contributed by atoms with Gasteiger partial charge in [0.15, 0.2) is 0 Å². The number of alkyl halides is 3. The van der Waals surface area contributed by atoms with E-state index in [2.05, 4.69) is 15.6 Å². The lowest BCUT2D eigenvalue weighted by molar-refractivity contribution is -0.137. The molecular formula is C20H23F3N4O3. The maximum atomic E-state index is 12.9. The summed E-state index contributed by atoms with van der Waals surface area (Å²) in [5.74, 6) is -0.739. The van der Waals surface area contributed by atoms with Crippen LogP contribution in [0.25, 0.3) is 0 Å². The molecule has 1 heterocycles. The summed E-state index contributed by atoms with van der Waals surface area (Å²) in [4.78, 5) is 30.0. The number of carbonyl (C=O) groups is 2. The summed E-state index contributed by atoms with van der Waals surface area (Å²) in [5, 5.41) is 5.43. The molecule has 0 radical (unpaired) electrons. The summed E-state index contributed by atoms with van der Waals surface area (Å²) < 4.78 is 43.7. The molecule has 0 spiro atoms. The number of rotatable bonds is 9. The maximum absolute atomic E-state index is 12.9. The molecule has 0 saturated carbocycles. The van der Waals surface area contributed by atoms with Crippen LogP contribution in [-0.4, -0.2) is 55.6 Å². The predicted molar refractivity (Wildman–Crippen MR) is 105 cm³/mol. The molecule has 1 aromatic carbocycles. The van der Waals surface area contributed by atoms with Gasteiger partial charge in [-0.25, -0.2) is 4.98 Å². The number of likely N-dealkylation sites (N-methyl/N-ethyl adjacent to an activating group) is 1. The highest BCUT2D eigenvalue weighted by atomic mass is 19.4. The number of benzene rings is 1. The number of anilines is 2. The molecule has 0 atom stereocenters. The Hall–Kier alpha value is -3.14. The monoisotopic (exact) mass is 424 g/mol. The van der Waals surface area contributed by atoms with E-state index >= 15 is 0 Å². The zero-order valence-corrected chi connectivity index (χ0v) is 16.6. The second-order valence-corrected chi connectivity index (χ2v) is 6.46. The molecule has 0 fully saturated rings. The van der Waals surface area contributed by atoms with E-state index in [4.69, 9.17) is 4.74 Å². The summed E-state index contributed by atoms with van der Waals surface area (Å²) in [7, 11) is 3.02. The lowest BCUT2D eigenvalue weighted by atomic mass is 10.1. The van der Waals surface area contributed by atoms with Crippen molar-refractivity contribution in [3.8, 4) is 0 Å². The van der Waals surface area contributed by atoms with E-state index in [1.807, 2.05) is 0 Å². The van der Waals surface area contributed by atoms with E-state index in [1.165, 1.54) is 42.4 Å². The smallest absolute Gasteiger partial charge is 0.385 e. The number of nitrogens with one attached hydrogen (secondary N) is 2. The third kappa shape index (κ3) is 6.73. The molecule has 30 heavy (non-hydrogen) atoms. The Balaban J connectivity index is 2.09. The standard InChI is InChI=1S/C20H23F3N4O3/c1-27(13-17(28)24-10-5-11-30-2)19(29)16-8-4-9-25-18(16)26-15-7-3-6-14(12-15)20(21,22)23/h3-4,6-9,12H,5,10-11,13H2,1-2H3,(H,24,28)(H,25,26). The molecule has 0 saturated heterocycles. The molecule has 0 aliphatic rings.